The molecule has 0 radical (unpaired) electrons. The van der Waals surface area contributed by atoms with Gasteiger partial charge in [0, 0.05) is 6.07 Å². The van der Waals surface area contributed by atoms with Crippen molar-refractivity contribution in [2.75, 3.05) is 13.7 Å². The van der Waals surface area contributed by atoms with Gasteiger partial charge in [0.05, 0.1) is 19.4 Å². The van der Waals surface area contributed by atoms with Gasteiger partial charge in [-0.15, -0.1) is 0 Å². The fraction of sp³-hybridized carbons (Fsp3) is 0.278. The molecule has 2 aromatic rings. The summed E-state index contributed by atoms with van der Waals surface area (Å²) in [6, 6.07) is 7.58. The van der Waals surface area contributed by atoms with Gasteiger partial charge in [0.1, 0.15) is 11.5 Å². The highest BCUT2D eigenvalue weighted by Gasteiger charge is 2.26. The third-order valence-corrected chi connectivity index (χ3v) is 3.65. The largest absolute Gasteiger partial charge is 0.502 e. The maximum absolute atomic E-state index is 11.9. The molecular weight excluding hydrogens is 342 g/mol. The van der Waals surface area contributed by atoms with Crippen LogP contribution in [0.4, 0.5) is 0 Å². The first kappa shape index (κ1) is 19.0. The van der Waals surface area contributed by atoms with Crippen molar-refractivity contribution >= 4 is 11.9 Å². The van der Waals surface area contributed by atoms with Crippen LogP contribution in [0.25, 0.3) is 0 Å². The molecule has 1 unspecified atom stereocenters. The minimum absolute atomic E-state index is 0.0220. The van der Waals surface area contributed by atoms with E-state index in [1.165, 1.54) is 7.11 Å². The van der Waals surface area contributed by atoms with Gasteiger partial charge in [0.15, 0.2) is 12.4 Å². The summed E-state index contributed by atoms with van der Waals surface area (Å²) < 4.78 is 15.4. The summed E-state index contributed by atoms with van der Waals surface area (Å²) in [5, 5.41) is 10.1. The van der Waals surface area contributed by atoms with E-state index < -0.39 is 29.0 Å². The second kappa shape index (κ2) is 8.19. The zero-order valence-electron chi connectivity index (χ0n) is 14.4. The van der Waals surface area contributed by atoms with Crippen LogP contribution in [0, 0.1) is 6.92 Å². The Morgan fingerprint density at radius 1 is 1.27 bits per heavy atom. The Morgan fingerprint density at radius 2 is 1.92 bits per heavy atom. The lowest BCUT2D eigenvalue weighted by Gasteiger charge is -2.17. The predicted molar refractivity (Wildman–Crippen MR) is 91.0 cm³/mol. The lowest BCUT2D eigenvalue weighted by molar-refractivity contribution is -0.141. The molecule has 26 heavy (non-hydrogen) atoms. The molecule has 8 heteroatoms. The van der Waals surface area contributed by atoms with Gasteiger partial charge >= 0.3 is 5.97 Å². The first-order valence-electron chi connectivity index (χ1n) is 7.73. The second-order valence-electron chi connectivity index (χ2n) is 5.59. The number of carbonyl (C=O) groups excluding carboxylic acids is 2. The number of rotatable bonds is 7. The molecule has 138 valence electrons. The minimum atomic E-state index is -0.736. The standard InChI is InChI=1S/C18H19NO7/c1-10-7-14(20)17(23)18(26-10)13(8-16(22)24-2)11-3-5-12(6-4-11)25-9-15(19)21/h3-7,13,23H,8-9H2,1-2H3,(H2,19,21). The quantitative estimate of drug-likeness (QED) is 0.709. The molecular formula is C18H19NO7. The Kier molecular flexibility index (Phi) is 6.00. The zero-order chi connectivity index (χ0) is 19.3. The number of benzene rings is 1. The van der Waals surface area contributed by atoms with Crippen molar-refractivity contribution in [3.63, 3.8) is 0 Å². The van der Waals surface area contributed by atoms with Crippen LogP contribution in [-0.2, 0) is 14.3 Å². The van der Waals surface area contributed by atoms with E-state index in [0.29, 0.717) is 17.1 Å². The summed E-state index contributed by atoms with van der Waals surface area (Å²) in [6.07, 6.45) is -0.141. The Morgan fingerprint density at radius 3 is 2.50 bits per heavy atom. The van der Waals surface area contributed by atoms with Crippen molar-refractivity contribution < 1.29 is 28.6 Å². The average molecular weight is 361 g/mol. The number of aromatic hydroxyl groups is 1. The summed E-state index contributed by atoms with van der Waals surface area (Å²) in [5.41, 5.74) is 5.02. The van der Waals surface area contributed by atoms with Crippen LogP contribution in [0.1, 0.15) is 29.4 Å². The molecule has 0 fully saturated rings. The van der Waals surface area contributed by atoms with Crippen LogP contribution in [0.2, 0.25) is 0 Å². The number of hydrogen-bond acceptors (Lipinski definition) is 7. The molecule has 3 N–H and O–H groups in total. The maximum Gasteiger partial charge on any atom is 0.306 e. The number of amides is 1. The van der Waals surface area contributed by atoms with Gasteiger partial charge < -0.3 is 24.7 Å². The Labute approximate surface area is 149 Å². The third-order valence-electron chi connectivity index (χ3n) is 3.65. The SMILES string of the molecule is COC(=O)CC(c1ccc(OCC(N)=O)cc1)c1oc(C)cc(=O)c1O. The van der Waals surface area contributed by atoms with Gasteiger partial charge in [-0.3, -0.25) is 14.4 Å². The van der Waals surface area contributed by atoms with E-state index in [0.717, 1.165) is 6.07 Å². The molecule has 0 saturated carbocycles. The number of primary amides is 1. The number of carbonyl (C=O) groups is 2. The van der Waals surface area contributed by atoms with Gasteiger partial charge in [-0.2, -0.15) is 0 Å². The van der Waals surface area contributed by atoms with Gasteiger partial charge in [0.25, 0.3) is 5.91 Å². The van der Waals surface area contributed by atoms with Crippen molar-refractivity contribution in [3.05, 3.63) is 57.6 Å². The Hall–Kier alpha value is -3.29. The highest BCUT2D eigenvalue weighted by Crippen LogP contribution is 2.34. The van der Waals surface area contributed by atoms with Crippen LogP contribution < -0.4 is 15.9 Å². The number of nitrogens with two attached hydrogens (primary N) is 1. The fourth-order valence-corrected chi connectivity index (χ4v) is 2.42. The van der Waals surface area contributed by atoms with Crippen molar-refractivity contribution in [1.29, 1.82) is 0 Å². The number of ether oxygens (including phenoxy) is 2. The molecule has 2 rings (SSSR count). The first-order chi connectivity index (χ1) is 12.3. The Bertz CT molecular complexity index is 855. The molecule has 1 amide bonds. The molecule has 0 spiro atoms. The molecule has 1 heterocycles. The lowest BCUT2D eigenvalue weighted by Crippen LogP contribution is -2.20. The molecule has 0 aliphatic carbocycles. The number of methoxy groups -OCH3 is 1. The van der Waals surface area contributed by atoms with E-state index >= 15 is 0 Å². The molecule has 1 aromatic heterocycles. The second-order valence-corrected chi connectivity index (χ2v) is 5.59. The molecule has 0 aliphatic heterocycles. The van der Waals surface area contributed by atoms with Crippen molar-refractivity contribution in [2.45, 2.75) is 19.3 Å². The zero-order valence-corrected chi connectivity index (χ0v) is 14.4. The highest BCUT2D eigenvalue weighted by molar-refractivity contribution is 5.75. The van der Waals surface area contributed by atoms with Crippen molar-refractivity contribution in [2.24, 2.45) is 5.73 Å². The average Bonchev–Trinajstić information content (AvgIpc) is 2.61. The van der Waals surface area contributed by atoms with Gasteiger partial charge in [-0.05, 0) is 24.6 Å². The van der Waals surface area contributed by atoms with Crippen molar-refractivity contribution in [1.82, 2.24) is 0 Å². The third kappa shape index (κ3) is 4.62. The first-order valence-corrected chi connectivity index (χ1v) is 7.73. The topological polar surface area (TPSA) is 129 Å². The van der Waals surface area contributed by atoms with Crippen LogP contribution in [-0.4, -0.2) is 30.7 Å². The van der Waals surface area contributed by atoms with Crippen LogP contribution in [0.5, 0.6) is 11.5 Å². The molecule has 0 aliphatic rings. The fourth-order valence-electron chi connectivity index (χ4n) is 2.42. The van der Waals surface area contributed by atoms with Gasteiger partial charge in [0.2, 0.25) is 11.2 Å². The Balaban J connectivity index is 2.41. The van der Waals surface area contributed by atoms with E-state index in [2.05, 4.69) is 0 Å². The summed E-state index contributed by atoms with van der Waals surface area (Å²) >= 11 is 0. The molecule has 0 saturated heterocycles. The molecule has 0 bridgehead atoms. The highest BCUT2D eigenvalue weighted by atomic mass is 16.5. The van der Waals surface area contributed by atoms with Gasteiger partial charge in [-0.25, -0.2) is 0 Å². The summed E-state index contributed by atoms with van der Waals surface area (Å²) in [7, 11) is 1.24. The summed E-state index contributed by atoms with van der Waals surface area (Å²) in [4.78, 5) is 34.4. The van der Waals surface area contributed by atoms with Crippen LogP contribution >= 0.6 is 0 Å². The number of hydrogen-bond donors (Lipinski definition) is 2. The van der Waals surface area contributed by atoms with Crippen molar-refractivity contribution in [3.8, 4) is 11.5 Å². The van der Waals surface area contributed by atoms with Gasteiger partial charge in [-0.1, -0.05) is 12.1 Å². The maximum atomic E-state index is 11.9. The van der Waals surface area contributed by atoms with E-state index in [-0.39, 0.29) is 18.8 Å². The van der Waals surface area contributed by atoms with E-state index in [1.54, 1.807) is 31.2 Å². The van der Waals surface area contributed by atoms with E-state index in [1.807, 2.05) is 0 Å². The summed E-state index contributed by atoms with van der Waals surface area (Å²) in [5.74, 6) is -1.75. The predicted octanol–water partition coefficient (Wildman–Crippen LogP) is 1.21. The lowest BCUT2D eigenvalue weighted by atomic mass is 9.92. The van der Waals surface area contributed by atoms with Crippen LogP contribution in [0.15, 0.2) is 39.5 Å². The number of esters is 1. The smallest absolute Gasteiger partial charge is 0.306 e. The van der Waals surface area contributed by atoms with E-state index in [4.69, 9.17) is 19.6 Å². The minimum Gasteiger partial charge on any atom is -0.502 e. The summed E-state index contributed by atoms with van der Waals surface area (Å²) in [6.45, 7) is 1.30. The molecule has 1 aromatic carbocycles. The number of aryl methyl sites for hydroxylation is 1. The normalized spacial score (nSPS) is 11.6. The van der Waals surface area contributed by atoms with Crippen LogP contribution in [0.3, 0.4) is 0 Å². The molecule has 8 nitrogen and oxygen atoms in total. The van der Waals surface area contributed by atoms with E-state index in [9.17, 15) is 19.5 Å². The monoisotopic (exact) mass is 361 g/mol. The molecule has 1 atom stereocenters.